The molecule has 1 heterocycles. The van der Waals surface area contributed by atoms with Crippen molar-refractivity contribution in [3.63, 3.8) is 0 Å². The highest BCUT2D eigenvalue weighted by molar-refractivity contribution is 7.86. The molecule has 0 radical (unpaired) electrons. The van der Waals surface area contributed by atoms with Crippen molar-refractivity contribution in [3.8, 4) is 0 Å². The molecule has 0 aliphatic carbocycles. The molecule has 0 aromatic heterocycles. The minimum Gasteiger partial charge on any atom is -0.457 e. The predicted octanol–water partition coefficient (Wildman–Crippen LogP) is 4.20. The summed E-state index contributed by atoms with van der Waals surface area (Å²) in [7, 11) is -4.19. The van der Waals surface area contributed by atoms with Gasteiger partial charge in [0.1, 0.15) is 18.3 Å². The SMILES string of the molecule is [3H][C@@H]1O[C@](COCc2ccccc2)(COS(=O)(=O)c2ccc(C)cc2)C(OCc2ccccc2)[C@@H]1OC(C)=O. The molecule has 4 rings (SSSR count). The van der Waals surface area contributed by atoms with Gasteiger partial charge in [-0.05, 0) is 30.2 Å². The quantitative estimate of drug-likeness (QED) is 0.248. The van der Waals surface area contributed by atoms with E-state index < -0.39 is 47.1 Å². The monoisotopic (exact) mass is 542 g/mol. The summed E-state index contributed by atoms with van der Waals surface area (Å²) < 4.78 is 63.8. The first-order chi connectivity index (χ1) is 18.7. The van der Waals surface area contributed by atoms with Crippen molar-refractivity contribution in [2.45, 2.75) is 49.8 Å². The third-order valence-corrected chi connectivity index (χ3v) is 7.33. The fraction of sp³-hybridized carbons (Fsp3) is 0.345. The number of ether oxygens (including phenoxy) is 4. The largest absolute Gasteiger partial charge is 0.457 e. The molecule has 0 spiro atoms. The van der Waals surface area contributed by atoms with Gasteiger partial charge in [-0.1, -0.05) is 78.4 Å². The molecule has 202 valence electrons. The molecule has 0 saturated carbocycles. The summed E-state index contributed by atoms with van der Waals surface area (Å²) in [6.45, 7) is 1.31. The van der Waals surface area contributed by atoms with Crippen LogP contribution in [0.2, 0.25) is 0 Å². The number of aryl methyl sites for hydroxylation is 1. The minimum absolute atomic E-state index is 0.0211. The van der Waals surface area contributed by atoms with Crippen molar-refractivity contribution in [1.82, 2.24) is 0 Å². The lowest BCUT2D eigenvalue weighted by Gasteiger charge is -2.34. The van der Waals surface area contributed by atoms with E-state index in [4.69, 9.17) is 24.5 Å². The number of carbonyl (C=O) groups is 1. The Kier molecular flexibility index (Phi) is 8.83. The van der Waals surface area contributed by atoms with E-state index in [9.17, 15) is 13.2 Å². The standard InChI is InChI=1S/C29H32O8S/c1-22-13-15-26(16-14-22)38(31,32)36-21-29(20-33-17-24-9-5-3-6-10-24)28(27(19-35-29)37-23(2)30)34-18-25-11-7-4-8-12-25/h3-16,27-28H,17-21H2,1-2H3/t27-,28?,29-/m1/s1/i19T/t19-,27+,28?,29+/m0. The Balaban J connectivity index is 1.62. The maximum atomic E-state index is 13.1. The molecule has 4 atom stereocenters. The van der Waals surface area contributed by atoms with Crippen LogP contribution in [0.5, 0.6) is 0 Å². The molecule has 1 unspecified atom stereocenters. The molecule has 38 heavy (non-hydrogen) atoms. The Hall–Kier alpha value is -3.08. The summed E-state index contributed by atoms with van der Waals surface area (Å²) in [5.74, 6) is -0.622. The number of hydrogen-bond acceptors (Lipinski definition) is 8. The number of esters is 1. The first-order valence-electron chi connectivity index (χ1n) is 12.8. The molecule has 0 bridgehead atoms. The molecule has 1 aliphatic rings. The Morgan fingerprint density at radius 3 is 2.16 bits per heavy atom. The summed E-state index contributed by atoms with van der Waals surface area (Å²) >= 11 is 0. The van der Waals surface area contributed by atoms with E-state index in [0.29, 0.717) is 0 Å². The molecule has 1 aliphatic heterocycles. The van der Waals surface area contributed by atoms with Gasteiger partial charge in [0.05, 0.1) is 32.7 Å². The second-order valence-corrected chi connectivity index (χ2v) is 10.7. The molecule has 9 heteroatoms. The van der Waals surface area contributed by atoms with Gasteiger partial charge in [0, 0.05) is 6.92 Å². The average Bonchev–Trinajstić information content (AvgIpc) is 3.17. The fourth-order valence-electron chi connectivity index (χ4n) is 4.07. The summed E-state index contributed by atoms with van der Waals surface area (Å²) in [4.78, 5) is 11.9. The van der Waals surface area contributed by atoms with E-state index in [0.717, 1.165) is 16.7 Å². The van der Waals surface area contributed by atoms with Crippen LogP contribution in [0.15, 0.2) is 89.8 Å². The van der Waals surface area contributed by atoms with Crippen LogP contribution in [0.3, 0.4) is 0 Å². The van der Waals surface area contributed by atoms with Crippen molar-refractivity contribution in [2.75, 3.05) is 19.8 Å². The second-order valence-electron chi connectivity index (χ2n) is 9.12. The lowest BCUT2D eigenvalue weighted by Crippen LogP contribution is -2.53. The number of carbonyl (C=O) groups excluding carboxylic acids is 1. The number of hydrogen-bond donors (Lipinski definition) is 0. The van der Waals surface area contributed by atoms with Gasteiger partial charge in [-0.25, -0.2) is 0 Å². The maximum Gasteiger partial charge on any atom is 0.303 e. The number of benzene rings is 3. The lowest BCUT2D eigenvalue weighted by atomic mass is 9.96. The Morgan fingerprint density at radius 1 is 0.947 bits per heavy atom. The van der Waals surface area contributed by atoms with E-state index in [-0.39, 0.29) is 24.7 Å². The van der Waals surface area contributed by atoms with Gasteiger partial charge in [-0.3, -0.25) is 8.98 Å². The van der Waals surface area contributed by atoms with E-state index >= 15 is 0 Å². The third-order valence-electron chi connectivity index (χ3n) is 6.05. The summed E-state index contributed by atoms with van der Waals surface area (Å²) in [6.07, 6.45) is -2.20. The molecule has 3 aromatic rings. The van der Waals surface area contributed by atoms with Crippen LogP contribution in [-0.4, -0.2) is 52.0 Å². The summed E-state index contributed by atoms with van der Waals surface area (Å²) in [5.41, 5.74) is 1.04. The van der Waals surface area contributed by atoms with Crippen LogP contribution in [0.1, 0.15) is 25.0 Å². The Labute approximate surface area is 225 Å². The topological polar surface area (TPSA) is 97.4 Å². The molecule has 0 amide bonds. The molecular formula is C29H32O8S. The zero-order chi connectivity index (χ0) is 27.9. The molecular weight excluding hydrogens is 508 g/mol. The zero-order valence-corrected chi connectivity index (χ0v) is 22.1. The van der Waals surface area contributed by atoms with Crippen LogP contribution in [0, 0.1) is 6.92 Å². The van der Waals surface area contributed by atoms with Crippen LogP contribution in [-0.2, 0) is 51.3 Å². The van der Waals surface area contributed by atoms with Gasteiger partial charge in [-0.2, -0.15) is 8.42 Å². The van der Waals surface area contributed by atoms with Gasteiger partial charge >= 0.3 is 5.97 Å². The highest BCUT2D eigenvalue weighted by atomic mass is 32.2. The molecule has 1 saturated heterocycles. The van der Waals surface area contributed by atoms with Crippen LogP contribution in [0.4, 0.5) is 0 Å². The minimum atomic E-state index is -4.19. The number of rotatable bonds is 12. The first kappa shape index (κ1) is 26.5. The molecule has 1 fully saturated rings. The fourth-order valence-corrected chi connectivity index (χ4v) is 5.03. The van der Waals surface area contributed by atoms with E-state index in [1.54, 1.807) is 12.1 Å². The van der Waals surface area contributed by atoms with Gasteiger partial charge in [0.25, 0.3) is 10.1 Å². The Bertz CT molecular complexity index is 1320. The predicted molar refractivity (Wildman–Crippen MR) is 140 cm³/mol. The van der Waals surface area contributed by atoms with Gasteiger partial charge in [-0.15, -0.1) is 0 Å². The van der Waals surface area contributed by atoms with E-state index in [2.05, 4.69) is 0 Å². The Morgan fingerprint density at radius 2 is 1.55 bits per heavy atom. The smallest absolute Gasteiger partial charge is 0.303 e. The van der Waals surface area contributed by atoms with E-state index in [1.165, 1.54) is 19.1 Å². The molecule has 3 aromatic carbocycles. The van der Waals surface area contributed by atoms with Crippen molar-refractivity contribution < 1.29 is 37.7 Å². The highest BCUT2D eigenvalue weighted by Crippen LogP contribution is 2.34. The average molecular weight is 543 g/mol. The van der Waals surface area contributed by atoms with Crippen molar-refractivity contribution in [1.29, 1.82) is 0 Å². The second kappa shape index (κ2) is 12.6. The van der Waals surface area contributed by atoms with Crippen LogP contribution in [0.25, 0.3) is 0 Å². The van der Waals surface area contributed by atoms with Crippen molar-refractivity contribution in [3.05, 3.63) is 102 Å². The lowest BCUT2D eigenvalue weighted by molar-refractivity contribution is -0.166. The van der Waals surface area contributed by atoms with Gasteiger partial charge in [0.2, 0.25) is 0 Å². The maximum absolute atomic E-state index is 13.1. The van der Waals surface area contributed by atoms with Gasteiger partial charge in [0.15, 0.2) is 6.10 Å². The summed E-state index contributed by atoms with van der Waals surface area (Å²) in [6, 6.07) is 25.0. The van der Waals surface area contributed by atoms with E-state index in [1.807, 2.05) is 67.6 Å². The summed E-state index contributed by atoms with van der Waals surface area (Å²) in [5, 5.41) is 0. The molecule has 0 N–H and O–H groups in total. The normalized spacial score (nSPS) is 23.6. The van der Waals surface area contributed by atoms with Crippen molar-refractivity contribution >= 4 is 16.1 Å². The van der Waals surface area contributed by atoms with Crippen LogP contribution >= 0.6 is 0 Å². The highest BCUT2D eigenvalue weighted by Gasteiger charge is 2.54. The zero-order valence-electron chi connectivity index (χ0n) is 22.3. The molecule has 8 nitrogen and oxygen atoms in total. The van der Waals surface area contributed by atoms with Crippen molar-refractivity contribution in [2.24, 2.45) is 0 Å². The van der Waals surface area contributed by atoms with Gasteiger partial charge < -0.3 is 18.9 Å². The third kappa shape index (κ3) is 7.27. The first-order valence-corrected chi connectivity index (χ1v) is 13.6. The van der Waals surface area contributed by atoms with Crippen LogP contribution < -0.4 is 0 Å².